The molecule has 2 aliphatic rings. The Morgan fingerprint density at radius 1 is 1.18 bits per heavy atom. The number of carbonyl (C=O) groups is 1. The van der Waals surface area contributed by atoms with Gasteiger partial charge in [0.2, 0.25) is 15.9 Å². The third-order valence-electron chi connectivity index (χ3n) is 5.61. The van der Waals surface area contributed by atoms with Crippen LogP contribution in [0.3, 0.4) is 0 Å². The van der Waals surface area contributed by atoms with Crippen LogP contribution in [0.2, 0.25) is 5.02 Å². The first-order valence-electron chi connectivity index (χ1n) is 9.22. The van der Waals surface area contributed by atoms with Crippen molar-refractivity contribution in [1.82, 2.24) is 9.62 Å². The number of hydrogen-bond donors (Lipinski definition) is 1. The van der Waals surface area contributed by atoms with Gasteiger partial charge in [-0.15, -0.1) is 0 Å². The summed E-state index contributed by atoms with van der Waals surface area (Å²) in [6.07, 6.45) is 0.754. The van der Waals surface area contributed by atoms with E-state index in [4.69, 9.17) is 11.6 Å². The predicted molar refractivity (Wildman–Crippen MR) is 98.3 cm³/mol. The number of nitrogens with one attached hydrogen (secondary N) is 1. The summed E-state index contributed by atoms with van der Waals surface area (Å²) in [5.74, 6) is 0.718. The van der Waals surface area contributed by atoms with Crippen LogP contribution >= 0.6 is 11.6 Å². The monoisotopic (exact) mass is 438 g/mol. The van der Waals surface area contributed by atoms with E-state index in [0.717, 1.165) is 31.4 Å². The standard InChI is InChI=1S/C18H22ClF3N2O3S/c19-16-6-5-14(9-15(16)18(20,21)22)28(26,27)23-10-17(25)24-8-7-12-3-1-2-4-13(12)11-24/h5-6,9,12-13,23H,1-4,7-8,10-11H2/t12-,13+/m0/s1. The van der Waals surface area contributed by atoms with Crippen molar-refractivity contribution in [3.8, 4) is 0 Å². The Balaban J connectivity index is 1.64. The largest absolute Gasteiger partial charge is 0.417 e. The quantitative estimate of drug-likeness (QED) is 0.779. The number of alkyl halides is 3. The maximum Gasteiger partial charge on any atom is 0.417 e. The summed E-state index contributed by atoms with van der Waals surface area (Å²) in [5, 5.41) is -0.585. The van der Waals surface area contributed by atoms with E-state index in [9.17, 15) is 26.4 Å². The highest BCUT2D eigenvalue weighted by Crippen LogP contribution is 2.37. The van der Waals surface area contributed by atoms with E-state index in [1.165, 1.54) is 12.8 Å². The summed E-state index contributed by atoms with van der Waals surface area (Å²) < 4.78 is 65.7. The molecule has 5 nitrogen and oxygen atoms in total. The molecule has 1 heterocycles. The zero-order chi connectivity index (χ0) is 20.5. The van der Waals surface area contributed by atoms with Gasteiger partial charge in [-0.1, -0.05) is 30.9 Å². The SMILES string of the molecule is O=C(CNS(=O)(=O)c1ccc(Cl)c(C(F)(F)F)c1)N1CC[C@@H]2CCCC[C@@H]2C1. The second kappa shape index (κ2) is 8.20. The first kappa shape index (κ1) is 21.4. The van der Waals surface area contributed by atoms with E-state index in [1.807, 2.05) is 0 Å². The Morgan fingerprint density at radius 2 is 1.86 bits per heavy atom. The summed E-state index contributed by atoms with van der Waals surface area (Å²) in [4.78, 5) is 13.5. The van der Waals surface area contributed by atoms with Gasteiger partial charge in [-0.3, -0.25) is 4.79 Å². The lowest BCUT2D eigenvalue weighted by atomic mass is 9.75. The van der Waals surface area contributed by atoms with Crippen LogP contribution < -0.4 is 4.72 Å². The fraction of sp³-hybridized carbons (Fsp3) is 0.611. The molecule has 3 rings (SSSR count). The molecule has 0 spiro atoms. The molecule has 2 fully saturated rings. The van der Waals surface area contributed by atoms with E-state index in [2.05, 4.69) is 4.72 Å². The lowest BCUT2D eigenvalue weighted by molar-refractivity contribution is -0.137. The third kappa shape index (κ3) is 4.80. The number of sulfonamides is 1. The summed E-state index contributed by atoms with van der Waals surface area (Å²) in [5.41, 5.74) is -1.23. The van der Waals surface area contributed by atoms with Crippen LogP contribution in [0.25, 0.3) is 0 Å². The number of piperidine rings is 1. The molecule has 0 radical (unpaired) electrons. The highest BCUT2D eigenvalue weighted by atomic mass is 35.5. The second-order valence-electron chi connectivity index (χ2n) is 7.40. The highest BCUT2D eigenvalue weighted by molar-refractivity contribution is 7.89. The molecule has 156 valence electrons. The molecule has 28 heavy (non-hydrogen) atoms. The molecule has 1 aliphatic heterocycles. The van der Waals surface area contributed by atoms with Gasteiger partial charge in [-0.2, -0.15) is 13.2 Å². The van der Waals surface area contributed by atoms with Gasteiger partial charge in [0.25, 0.3) is 0 Å². The number of rotatable bonds is 4. The summed E-state index contributed by atoms with van der Waals surface area (Å²) in [6.45, 7) is 0.717. The lowest BCUT2D eigenvalue weighted by Crippen LogP contribution is -2.48. The molecule has 1 aromatic rings. The van der Waals surface area contributed by atoms with Crippen molar-refractivity contribution in [3.63, 3.8) is 0 Å². The summed E-state index contributed by atoms with van der Waals surface area (Å²) in [6, 6.07) is 2.34. The van der Waals surface area contributed by atoms with Gasteiger partial charge in [-0.25, -0.2) is 13.1 Å². The van der Waals surface area contributed by atoms with E-state index in [0.29, 0.717) is 31.0 Å². The van der Waals surface area contributed by atoms with Gasteiger partial charge < -0.3 is 4.90 Å². The van der Waals surface area contributed by atoms with E-state index >= 15 is 0 Å². The Morgan fingerprint density at radius 3 is 2.54 bits per heavy atom. The Labute approximate surface area is 167 Å². The summed E-state index contributed by atoms with van der Waals surface area (Å²) in [7, 11) is -4.27. The predicted octanol–water partition coefficient (Wildman–Crippen LogP) is 3.68. The molecule has 0 aromatic heterocycles. The summed E-state index contributed by atoms with van der Waals surface area (Å²) >= 11 is 5.52. The van der Waals surface area contributed by atoms with Crippen molar-refractivity contribution >= 4 is 27.5 Å². The maximum absolute atomic E-state index is 12.9. The molecule has 10 heteroatoms. The number of halogens is 4. The average molecular weight is 439 g/mol. The van der Waals surface area contributed by atoms with Crippen LogP contribution in [0.1, 0.15) is 37.7 Å². The molecule has 1 N–H and O–H groups in total. The molecule has 0 unspecified atom stereocenters. The van der Waals surface area contributed by atoms with Gasteiger partial charge in [-0.05, 0) is 42.9 Å². The van der Waals surface area contributed by atoms with Crippen molar-refractivity contribution in [2.75, 3.05) is 19.6 Å². The number of hydrogen-bond acceptors (Lipinski definition) is 3. The Bertz CT molecular complexity index is 845. The van der Waals surface area contributed by atoms with Crippen molar-refractivity contribution in [2.24, 2.45) is 11.8 Å². The second-order valence-corrected chi connectivity index (χ2v) is 9.57. The minimum Gasteiger partial charge on any atom is -0.341 e. The van der Waals surface area contributed by atoms with E-state index in [-0.39, 0.29) is 5.91 Å². The molecular formula is C18H22ClF3N2O3S. The Kier molecular flexibility index (Phi) is 6.26. The van der Waals surface area contributed by atoms with Gasteiger partial charge in [0.1, 0.15) is 0 Å². The first-order valence-corrected chi connectivity index (χ1v) is 11.1. The molecule has 1 amide bonds. The topological polar surface area (TPSA) is 66.5 Å². The van der Waals surface area contributed by atoms with Gasteiger partial charge in [0.15, 0.2) is 0 Å². The number of likely N-dealkylation sites (tertiary alicyclic amines) is 1. The molecular weight excluding hydrogens is 417 g/mol. The maximum atomic E-state index is 12.9. The molecule has 1 aliphatic carbocycles. The van der Waals surface area contributed by atoms with Crippen LogP contribution in [0, 0.1) is 11.8 Å². The van der Waals surface area contributed by atoms with Crippen molar-refractivity contribution in [1.29, 1.82) is 0 Å². The number of benzene rings is 1. The zero-order valence-corrected chi connectivity index (χ0v) is 16.7. The zero-order valence-electron chi connectivity index (χ0n) is 15.1. The molecule has 2 atom stereocenters. The lowest BCUT2D eigenvalue weighted by Gasteiger charge is -2.41. The normalized spacial score (nSPS) is 23.4. The highest BCUT2D eigenvalue weighted by Gasteiger charge is 2.35. The van der Waals surface area contributed by atoms with E-state index < -0.39 is 38.2 Å². The number of carbonyl (C=O) groups excluding carboxylic acids is 1. The first-order chi connectivity index (χ1) is 13.1. The molecule has 1 aromatic carbocycles. The fourth-order valence-corrected chi connectivity index (χ4v) is 5.29. The minimum atomic E-state index is -4.78. The van der Waals surface area contributed by atoms with Crippen molar-refractivity contribution in [2.45, 2.75) is 43.2 Å². The number of amides is 1. The van der Waals surface area contributed by atoms with E-state index in [1.54, 1.807) is 4.90 Å². The van der Waals surface area contributed by atoms with Crippen LogP contribution in [0.15, 0.2) is 23.1 Å². The van der Waals surface area contributed by atoms with Crippen LogP contribution in [-0.2, 0) is 21.0 Å². The van der Waals surface area contributed by atoms with Crippen LogP contribution in [0.5, 0.6) is 0 Å². The van der Waals surface area contributed by atoms with Crippen molar-refractivity contribution in [3.05, 3.63) is 28.8 Å². The van der Waals surface area contributed by atoms with Gasteiger partial charge in [0, 0.05) is 13.1 Å². The number of fused-ring (bicyclic) bond motifs is 1. The van der Waals surface area contributed by atoms with Crippen LogP contribution in [0.4, 0.5) is 13.2 Å². The Hall–Kier alpha value is -1.32. The third-order valence-corrected chi connectivity index (χ3v) is 7.34. The fourth-order valence-electron chi connectivity index (χ4n) is 4.07. The smallest absolute Gasteiger partial charge is 0.341 e. The molecule has 0 bridgehead atoms. The minimum absolute atomic E-state index is 0.363. The van der Waals surface area contributed by atoms with Crippen molar-refractivity contribution < 1.29 is 26.4 Å². The van der Waals surface area contributed by atoms with Crippen LogP contribution in [-0.4, -0.2) is 38.9 Å². The van der Waals surface area contributed by atoms with Gasteiger partial charge >= 0.3 is 6.18 Å². The number of nitrogens with zero attached hydrogens (tertiary/aromatic N) is 1. The average Bonchev–Trinajstić information content (AvgIpc) is 2.65. The van der Waals surface area contributed by atoms with Gasteiger partial charge in [0.05, 0.1) is 22.0 Å². The molecule has 1 saturated carbocycles. The molecule has 1 saturated heterocycles.